The van der Waals surface area contributed by atoms with Crippen LogP contribution in [0.1, 0.15) is 29.7 Å². The summed E-state index contributed by atoms with van der Waals surface area (Å²) < 4.78 is 7.14. The highest BCUT2D eigenvalue weighted by Gasteiger charge is 2.20. The molecule has 3 heterocycles. The van der Waals surface area contributed by atoms with Gasteiger partial charge >= 0.3 is 0 Å². The Morgan fingerprint density at radius 2 is 2.08 bits per heavy atom. The van der Waals surface area contributed by atoms with Crippen molar-refractivity contribution in [2.45, 2.75) is 32.1 Å². The third kappa shape index (κ3) is 2.40. The number of benzene rings is 1. The number of methoxy groups -OCH3 is 1. The third-order valence-electron chi connectivity index (χ3n) is 4.87. The van der Waals surface area contributed by atoms with Gasteiger partial charge in [-0.2, -0.15) is 0 Å². The van der Waals surface area contributed by atoms with Crippen molar-refractivity contribution in [3.05, 3.63) is 41.0 Å². The Balaban J connectivity index is 1.73. The van der Waals surface area contributed by atoms with Crippen LogP contribution >= 0.6 is 11.3 Å². The molecule has 4 aromatic rings. The van der Waals surface area contributed by atoms with E-state index in [9.17, 15) is 0 Å². The lowest BCUT2D eigenvalue weighted by molar-refractivity contribution is 0.415. The second-order valence-electron chi connectivity index (χ2n) is 6.42. The standard InChI is InChI=1S/C19H18N4OS/c1-24-13-7-5-6-12(10-13)17-21-18-16-14-8-3-2-4-9-15(14)25-19(16)20-11-23(18)22-17/h5-7,10-11H,2-4,8-9H2,1H3. The first-order chi connectivity index (χ1) is 12.3. The van der Waals surface area contributed by atoms with Gasteiger partial charge in [0.2, 0.25) is 0 Å². The van der Waals surface area contributed by atoms with Crippen LogP contribution in [0.5, 0.6) is 5.75 Å². The number of nitrogens with zero attached hydrogens (tertiary/aromatic N) is 4. The molecule has 0 atom stereocenters. The van der Waals surface area contributed by atoms with E-state index in [1.165, 1.54) is 41.5 Å². The lowest BCUT2D eigenvalue weighted by Gasteiger charge is -2.00. The quantitative estimate of drug-likeness (QED) is 0.506. The van der Waals surface area contributed by atoms with E-state index in [0.29, 0.717) is 5.82 Å². The van der Waals surface area contributed by atoms with E-state index in [4.69, 9.17) is 9.72 Å². The van der Waals surface area contributed by atoms with Crippen LogP contribution in [0.15, 0.2) is 30.6 Å². The van der Waals surface area contributed by atoms with Crippen molar-refractivity contribution in [3.8, 4) is 17.1 Å². The van der Waals surface area contributed by atoms with Crippen LogP contribution < -0.4 is 4.74 Å². The second-order valence-corrected chi connectivity index (χ2v) is 7.51. The van der Waals surface area contributed by atoms with Gasteiger partial charge in [0.15, 0.2) is 11.5 Å². The minimum atomic E-state index is 0.710. The molecule has 1 aliphatic rings. The maximum absolute atomic E-state index is 5.32. The van der Waals surface area contributed by atoms with Crippen LogP contribution in [0.3, 0.4) is 0 Å². The number of ether oxygens (including phenoxy) is 1. The molecule has 0 aliphatic heterocycles. The van der Waals surface area contributed by atoms with E-state index in [1.807, 2.05) is 40.1 Å². The van der Waals surface area contributed by atoms with Crippen molar-refractivity contribution in [1.29, 1.82) is 0 Å². The monoisotopic (exact) mass is 350 g/mol. The molecule has 6 heteroatoms. The van der Waals surface area contributed by atoms with Gasteiger partial charge in [-0.15, -0.1) is 16.4 Å². The highest BCUT2D eigenvalue weighted by molar-refractivity contribution is 7.19. The Kier molecular flexibility index (Phi) is 3.45. The molecule has 0 amide bonds. The van der Waals surface area contributed by atoms with E-state index < -0.39 is 0 Å². The van der Waals surface area contributed by atoms with Crippen LogP contribution in [0.2, 0.25) is 0 Å². The van der Waals surface area contributed by atoms with Crippen molar-refractivity contribution in [2.24, 2.45) is 0 Å². The second kappa shape index (κ2) is 5.81. The first kappa shape index (κ1) is 14.8. The zero-order chi connectivity index (χ0) is 16.8. The zero-order valence-corrected chi connectivity index (χ0v) is 14.8. The van der Waals surface area contributed by atoms with E-state index in [-0.39, 0.29) is 0 Å². The molecule has 1 aliphatic carbocycles. The lowest BCUT2D eigenvalue weighted by Crippen LogP contribution is -1.92. The molecule has 5 rings (SSSR count). The van der Waals surface area contributed by atoms with Gasteiger partial charge in [0.1, 0.15) is 16.9 Å². The van der Waals surface area contributed by atoms with E-state index in [1.54, 1.807) is 13.4 Å². The van der Waals surface area contributed by atoms with Gasteiger partial charge in [0.25, 0.3) is 0 Å². The Bertz CT molecular complexity index is 1080. The number of aryl methyl sites for hydroxylation is 2. The molecule has 5 nitrogen and oxygen atoms in total. The summed E-state index contributed by atoms with van der Waals surface area (Å²) in [6.07, 6.45) is 7.90. The summed E-state index contributed by atoms with van der Waals surface area (Å²) in [4.78, 5) is 12.1. The molecular formula is C19H18N4OS. The van der Waals surface area contributed by atoms with Gasteiger partial charge in [-0.05, 0) is 43.4 Å². The number of hydrogen-bond acceptors (Lipinski definition) is 5. The first-order valence-electron chi connectivity index (χ1n) is 8.63. The fourth-order valence-electron chi connectivity index (χ4n) is 3.62. The fraction of sp³-hybridized carbons (Fsp3) is 0.316. The predicted octanol–water partition coefficient (Wildman–Crippen LogP) is 4.28. The summed E-state index contributed by atoms with van der Waals surface area (Å²) in [5.41, 5.74) is 3.32. The Morgan fingerprint density at radius 3 is 3.00 bits per heavy atom. The summed E-state index contributed by atoms with van der Waals surface area (Å²) in [6.45, 7) is 0. The van der Waals surface area contributed by atoms with Gasteiger partial charge in [-0.3, -0.25) is 0 Å². The molecule has 0 saturated heterocycles. The highest BCUT2D eigenvalue weighted by Crippen LogP contribution is 2.36. The molecule has 0 fully saturated rings. The van der Waals surface area contributed by atoms with E-state index >= 15 is 0 Å². The molecule has 126 valence electrons. The maximum atomic E-state index is 5.32. The fourth-order valence-corrected chi connectivity index (χ4v) is 4.84. The summed E-state index contributed by atoms with van der Waals surface area (Å²) in [5, 5.41) is 5.85. The average Bonchev–Trinajstić information content (AvgIpc) is 3.15. The van der Waals surface area contributed by atoms with E-state index in [2.05, 4.69) is 10.1 Å². The SMILES string of the molecule is COc1cccc(-c2nc3c4c5c(sc4ncn3n2)CCCCC5)c1. The van der Waals surface area contributed by atoms with Crippen molar-refractivity contribution in [1.82, 2.24) is 19.6 Å². The number of hydrogen-bond donors (Lipinski definition) is 0. The van der Waals surface area contributed by atoms with Crippen molar-refractivity contribution < 1.29 is 4.74 Å². The Morgan fingerprint density at radius 1 is 1.16 bits per heavy atom. The van der Waals surface area contributed by atoms with Gasteiger partial charge in [0, 0.05) is 10.4 Å². The smallest absolute Gasteiger partial charge is 0.182 e. The number of rotatable bonds is 2. The molecular weight excluding hydrogens is 332 g/mol. The summed E-state index contributed by atoms with van der Waals surface area (Å²) in [6, 6.07) is 7.87. The first-order valence-corrected chi connectivity index (χ1v) is 9.45. The highest BCUT2D eigenvalue weighted by atomic mass is 32.1. The van der Waals surface area contributed by atoms with Crippen LogP contribution in [0.4, 0.5) is 0 Å². The Labute approximate surface area is 149 Å². The van der Waals surface area contributed by atoms with Crippen LogP contribution in [-0.4, -0.2) is 26.7 Å². The number of aromatic nitrogens is 4. The third-order valence-corrected chi connectivity index (χ3v) is 6.07. The van der Waals surface area contributed by atoms with Gasteiger partial charge < -0.3 is 4.74 Å². The molecule has 1 aromatic carbocycles. The van der Waals surface area contributed by atoms with Crippen molar-refractivity contribution in [2.75, 3.05) is 7.11 Å². The molecule has 25 heavy (non-hydrogen) atoms. The largest absolute Gasteiger partial charge is 0.497 e. The van der Waals surface area contributed by atoms with Crippen LogP contribution in [0.25, 0.3) is 27.3 Å². The number of fused-ring (bicyclic) bond motifs is 5. The normalized spacial score (nSPS) is 14.6. The predicted molar refractivity (Wildman–Crippen MR) is 99.4 cm³/mol. The van der Waals surface area contributed by atoms with Crippen LogP contribution in [0, 0.1) is 0 Å². The zero-order valence-electron chi connectivity index (χ0n) is 14.0. The molecule has 0 radical (unpaired) electrons. The molecule has 3 aromatic heterocycles. The van der Waals surface area contributed by atoms with Crippen molar-refractivity contribution >= 4 is 27.2 Å². The van der Waals surface area contributed by atoms with Gasteiger partial charge in [-0.1, -0.05) is 18.6 Å². The molecule has 0 spiro atoms. The molecule has 0 bridgehead atoms. The molecule has 0 saturated carbocycles. The Hall–Kier alpha value is -2.47. The summed E-state index contributed by atoms with van der Waals surface area (Å²) >= 11 is 1.83. The number of thiophene rings is 1. The maximum Gasteiger partial charge on any atom is 0.182 e. The van der Waals surface area contributed by atoms with Crippen molar-refractivity contribution in [3.63, 3.8) is 0 Å². The molecule has 0 N–H and O–H groups in total. The molecule has 0 unspecified atom stereocenters. The van der Waals surface area contributed by atoms with Gasteiger partial charge in [-0.25, -0.2) is 14.5 Å². The summed E-state index contributed by atoms with van der Waals surface area (Å²) in [5.74, 6) is 1.52. The average molecular weight is 350 g/mol. The van der Waals surface area contributed by atoms with Crippen LogP contribution in [-0.2, 0) is 12.8 Å². The lowest BCUT2D eigenvalue weighted by atomic mass is 10.1. The summed E-state index contributed by atoms with van der Waals surface area (Å²) in [7, 11) is 1.67. The van der Waals surface area contributed by atoms with E-state index in [0.717, 1.165) is 28.2 Å². The minimum Gasteiger partial charge on any atom is -0.497 e. The van der Waals surface area contributed by atoms with Gasteiger partial charge in [0.05, 0.1) is 12.5 Å². The topological polar surface area (TPSA) is 52.3 Å². The minimum absolute atomic E-state index is 0.710.